The summed E-state index contributed by atoms with van der Waals surface area (Å²) in [6.07, 6.45) is 2.28. The zero-order valence-electron chi connectivity index (χ0n) is 14.3. The third-order valence-corrected chi connectivity index (χ3v) is 6.12. The minimum absolute atomic E-state index is 0.111. The SMILES string of the molecule is O=C(c1ccc2n[nH]nc2c1)N1C[C@H]2CC[C@@H]1CN(Cc1cscn1)C2. The number of aromatic nitrogens is 4. The molecule has 3 saturated heterocycles. The molecule has 3 aromatic rings. The van der Waals surface area contributed by atoms with Crippen LogP contribution in [0.1, 0.15) is 28.9 Å². The van der Waals surface area contributed by atoms with Gasteiger partial charge in [-0.2, -0.15) is 15.4 Å². The van der Waals surface area contributed by atoms with Gasteiger partial charge in [0.25, 0.3) is 5.91 Å². The third kappa shape index (κ3) is 2.89. The molecular formula is C18H20N6OS. The molecular weight excluding hydrogens is 348 g/mol. The molecule has 3 fully saturated rings. The van der Waals surface area contributed by atoms with E-state index in [1.165, 1.54) is 6.42 Å². The van der Waals surface area contributed by atoms with Gasteiger partial charge in [-0.3, -0.25) is 9.69 Å². The molecule has 0 radical (unpaired) electrons. The summed E-state index contributed by atoms with van der Waals surface area (Å²) < 4.78 is 0. The number of carbonyl (C=O) groups excluding carboxylic acids is 1. The van der Waals surface area contributed by atoms with Gasteiger partial charge in [0.05, 0.1) is 11.2 Å². The summed E-state index contributed by atoms with van der Waals surface area (Å²) in [5.41, 5.74) is 5.24. The van der Waals surface area contributed by atoms with E-state index >= 15 is 0 Å². The number of fused-ring (bicyclic) bond motifs is 5. The molecule has 0 saturated carbocycles. The fraction of sp³-hybridized carbons (Fsp3) is 0.444. The Morgan fingerprint density at radius 2 is 2.12 bits per heavy atom. The Labute approximate surface area is 155 Å². The van der Waals surface area contributed by atoms with Gasteiger partial charge in [0.2, 0.25) is 0 Å². The van der Waals surface area contributed by atoms with Crippen molar-refractivity contribution in [3.05, 3.63) is 40.3 Å². The van der Waals surface area contributed by atoms with Crippen molar-refractivity contribution in [1.29, 1.82) is 0 Å². The Balaban J connectivity index is 1.37. The highest BCUT2D eigenvalue weighted by Gasteiger charge is 2.37. The van der Waals surface area contributed by atoms with Gasteiger partial charge in [-0.05, 0) is 37.0 Å². The van der Waals surface area contributed by atoms with Crippen LogP contribution in [-0.2, 0) is 6.54 Å². The fourth-order valence-electron chi connectivity index (χ4n) is 4.24. The summed E-state index contributed by atoms with van der Waals surface area (Å²) in [6.45, 7) is 3.68. The van der Waals surface area contributed by atoms with Crippen LogP contribution in [0.3, 0.4) is 0 Å². The molecule has 134 valence electrons. The molecule has 2 aromatic heterocycles. The van der Waals surface area contributed by atoms with Crippen molar-refractivity contribution in [2.24, 2.45) is 5.92 Å². The summed E-state index contributed by atoms with van der Waals surface area (Å²) in [5, 5.41) is 12.9. The Kier molecular flexibility index (Phi) is 3.94. The normalized spacial score (nSPS) is 23.5. The average Bonchev–Trinajstić information content (AvgIpc) is 3.26. The van der Waals surface area contributed by atoms with Gasteiger partial charge in [-0.15, -0.1) is 11.3 Å². The van der Waals surface area contributed by atoms with Crippen LogP contribution in [0.15, 0.2) is 29.1 Å². The van der Waals surface area contributed by atoms with Crippen LogP contribution < -0.4 is 0 Å². The molecule has 5 heterocycles. The summed E-state index contributed by atoms with van der Waals surface area (Å²) in [4.78, 5) is 22.1. The van der Waals surface area contributed by atoms with Gasteiger partial charge in [-0.25, -0.2) is 4.98 Å². The van der Waals surface area contributed by atoms with E-state index in [1.807, 2.05) is 23.7 Å². The van der Waals surface area contributed by atoms with E-state index in [9.17, 15) is 4.79 Å². The van der Waals surface area contributed by atoms with Crippen LogP contribution in [0.4, 0.5) is 0 Å². The van der Waals surface area contributed by atoms with Crippen LogP contribution in [0.5, 0.6) is 0 Å². The van der Waals surface area contributed by atoms with Crippen molar-refractivity contribution in [3.8, 4) is 0 Å². The lowest BCUT2D eigenvalue weighted by Gasteiger charge is -2.36. The van der Waals surface area contributed by atoms with Gasteiger partial charge >= 0.3 is 0 Å². The van der Waals surface area contributed by atoms with E-state index in [0.29, 0.717) is 11.5 Å². The van der Waals surface area contributed by atoms with E-state index in [4.69, 9.17) is 0 Å². The molecule has 3 aliphatic heterocycles. The number of piperidine rings is 1. The second-order valence-corrected chi connectivity index (χ2v) is 7.97. The number of carbonyl (C=O) groups is 1. The largest absolute Gasteiger partial charge is 0.334 e. The first-order valence-electron chi connectivity index (χ1n) is 8.97. The molecule has 1 aromatic carbocycles. The summed E-state index contributed by atoms with van der Waals surface area (Å²) >= 11 is 1.64. The topological polar surface area (TPSA) is 78.0 Å². The second-order valence-electron chi connectivity index (χ2n) is 7.26. The Bertz CT molecular complexity index is 923. The lowest BCUT2D eigenvalue weighted by molar-refractivity contribution is 0.0585. The van der Waals surface area contributed by atoms with Crippen LogP contribution in [0, 0.1) is 5.92 Å². The number of amides is 1. The highest BCUT2D eigenvalue weighted by molar-refractivity contribution is 7.07. The number of hydrogen-bond donors (Lipinski definition) is 1. The lowest BCUT2D eigenvalue weighted by Crippen LogP contribution is -2.47. The van der Waals surface area contributed by atoms with Crippen LogP contribution >= 0.6 is 11.3 Å². The van der Waals surface area contributed by atoms with E-state index in [1.54, 1.807) is 11.3 Å². The van der Waals surface area contributed by atoms with Crippen LogP contribution in [0.25, 0.3) is 11.0 Å². The number of benzene rings is 1. The van der Waals surface area contributed by atoms with Crippen LogP contribution in [-0.4, -0.2) is 61.8 Å². The zero-order valence-corrected chi connectivity index (χ0v) is 15.2. The average molecular weight is 368 g/mol. The van der Waals surface area contributed by atoms with E-state index in [0.717, 1.165) is 49.3 Å². The molecule has 1 amide bonds. The molecule has 0 unspecified atom stereocenters. The predicted molar refractivity (Wildman–Crippen MR) is 98.8 cm³/mol. The minimum Gasteiger partial charge on any atom is -0.334 e. The molecule has 0 spiro atoms. The molecule has 8 heteroatoms. The molecule has 7 nitrogen and oxygen atoms in total. The highest BCUT2D eigenvalue weighted by Crippen LogP contribution is 2.30. The van der Waals surface area contributed by atoms with Crippen molar-refractivity contribution >= 4 is 28.3 Å². The number of aromatic amines is 1. The van der Waals surface area contributed by atoms with Crippen molar-refractivity contribution in [2.45, 2.75) is 25.4 Å². The molecule has 2 bridgehead atoms. The number of nitrogens with one attached hydrogen (secondary N) is 1. The van der Waals surface area contributed by atoms with E-state index in [2.05, 4.69) is 35.6 Å². The van der Waals surface area contributed by atoms with Gasteiger partial charge in [0.15, 0.2) is 0 Å². The number of hydrogen-bond acceptors (Lipinski definition) is 6. The number of thiazole rings is 1. The molecule has 1 N–H and O–H groups in total. The zero-order chi connectivity index (χ0) is 17.5. The van der Waals surface area contributed by atoms with Crippen LogP contribution in [0.2, 0.25) is 0 Å². The first-order valence-corrected chi connectivity index (χ1v) is 9.91. The maximum absolute atomic E-state index is 13.2. The highest BCUT2D eigenvalue weighted by atomic mass is 32.1. The van der Waals surface area contributed by atoms with E-state index < -0.39 is 0 Å². The number of H-pyrrole nitrogens is 1. The first-order chi connectivity index (χ1) is 12.8. The maximum Gasteiger partial charge on any atom is 0.254 e. The quantitative estimate of drug-likeness (QED) is 0.766. The fourth-order valence-corrected chi connectivity index (χ4v) is 4.79. The molecule has 26 heavy (non-hydrogen) atoms. The number of rotatable bonds is 3. The predicted octanol–water partition coefficient (Wildman–Crippen LogP) is 2.15. The third-order valence-electron chi connectivity index (χ3n) is 5.48. The summed E-state index contributed by atoms with van der Waals surface area (Å²) in [5.74, 6) is 0.646. The Hall–Kier alpha value is -2.32. The van der Waals surface area contributed by atoms with E-state index in [-0.39, 0.29) is 11.9 Å². The Morgan fingerprint density at radius 1 is 1.19 bits per heavy atom. The summed E-state index contributed by atoms with van der Waals surface area (Å²) in [7, 11) is 0. The maximum atomic E-state index is 13.2. The van der Waals surface area contributed by atoms with Crippen molar-refractivity contribution in [3.63, 3.8) is 0 Å². The van der Waals surface area contributed by atoms with Crippen molar-refractivity contribution in [1.82, 2.24) is 30.2 Å². The first kappa shape index (κ1) is 15.9. The van der Waals surface area contributed by atoms with Crippen molar-refractivity contribution in [2.75, 3.05) is 19.6 Å². The molecule has 2 atom stereocenters. The monoisotopic (exact) mass is 368 g/mol. The lowest BCUT2D eigenvalue weighted by atomic mass is 9.94. The molecule has 0 aliphatic carbocycles. The summed E-state index contributed by atoms with van der Waals surface area (Å²) in [6, 6.07) is 5.83. The second kappa shape index (κ2) is 6.44. The van der Waals surface area contributed by atoms with Gasteiger partial charge in [-0.1, -0.05) is 0 Å². The van der Waals surface area contributed by atoms with Crippen molar-refractivity contribution < 1.29 is 4.79 Å². The smallest absolute Gasteiger partial charge is 0.254 e. The Morgan fingerprint density at radius 3 is 3.00 bits per heavy atom. The number of nitrogens with zero attached hydrogens (tertiary/aromatic N) is 5. The van der Waals surface area contributed by atoms with Gasteiger partial charge in [0.1, 0.15) is 11.0 Å². The minimum atomic E-state index is 0.111. The van der Waals surface area contributed by atoms with Gasteiger partial charge in [0, 0.05) is 43.2 Å². The molecule has 3 aliphatic rings. The molecule has 6 rings (SSSR count). The standard InChI is InChI=1S/C18H20N6OS/c25-18(13-2-4-16-17(5-13)21-22-20-16)24-7-12-1-3-15(24)9-23(6-12)8-14-10-26-11-19-14/h2,4-5,10-12,15H,1,3,6-9H2,(H,20,21,22)/t12-,15+/m0/s1. The van der Waals surface area contributed by atoms with Gasteiger partial charge < -0.3 is 4.90 Å².